The highest BCUT2D eigenvalue weighted by atomic mass is 32.2. The van der Waals surface area contributed by atoms with Crippen molar-refractivity contribution in [2.75, 3.05) is 5.32 Å². The van der Waals surface area contributed by atoms with Crippen molar-refractivity contribution in [3.05, 3.63) is 65.9 Å². The summed E-state index contributed by atoms with van der Waals surface area (Å²) >= 11 is 0.851. The number of aryl methyl sites for hydroxylation is 1. The van der Waals surface area contributed by atoms with Crippen molar-refractivity contribution >= 4 is 32.4 Å². The molecule has 3 aromatic rings. The molecule has 2 aromatic carbocycles. The summed E-state index contributed by atoms with van der Waals surface area (Å²) in [4.78, 5) is 16.6. The van der Waals surface area contributed by atoms with E-state index in [1.807, 2.05) is 54.6 Å². The second-order valence-electron chi connectivity index (χ2n) is 6.14. The summed E-state index contributed by atoms with van der Waals surface area (Å²) in [7, 11) is -3.85. The molecule has 0 radical (unpaired) electrons. The number of sulfonamides is 1. The number of aromatic nitrogens is 1. The number of amides is 1. The smallest absolute Gasteiger partial charge is 0.249 e. The van der Waals surface area contributed by atoms with Crippen LogP contribution in [0.2, 0.25) is 0 Å². The van der Waals surface area contributed by atoms with Gasteiger partial charge >= 0.3 is 0 Å². The Labute approximate surface area is 162 Å². The fourth-order valence-corrected chi connectivity index (χ4v) is 4.52. The number of rotatable bonds is 5. The zero-order valence-electron chi connectivity index (χ0n) is 14.8. The zero-order chi connectivity index (χ0) is 19.6. The third kappa shape index (κ3) is 4.41. The van der Waals surface area contributed by atoms with E-state index < -0.39 is 15.9 Å². The Morgan fingerprint density at radius 3 is 2.22 bits per heavy atom. The van der Waals surface area contributed by atoms with E-state index >= 15 is 0 Å². The maximum absolute atomic E-state index is 12.5. The highest BCUT2D eigenvalue weighted by Gasteiger charge is 2.21. The van der Waals surface area contributed by atoms with E-state index in [2.05, 4.69) is 10.3 Å². The number of hydrogen-bond acceptors (Lipinski definition) is 5. The molecule has 1 atom stereocenters. The van der Waals surface area contributed by atoms with Crippen molar-refractivity contribution in [3.8, 4) is 11.1 Å². The fourth-order valence-electron chi connectivity index (χ4n) is 2.66. The van der Waals surface area contributed by atoms with Gasteiger partial charge in [0, 0.05) is 0 Å². The summed E-state index contributed by atoms with van der Waals surface area (Å²) in [6, 6.07) is 17.7. The van der Waals surface area contributed by atoms with Crippen LogP contribution in [0.3, 0.4) is 0 Å². The molecule has 3 rings (SSSR count). The summed E-state index contributed by atoms with van der Waals surface area (Å²) in [6.45, 7) is 3.32. The van der Waals surface area contributed by atoms with Crippen molar-refractivity contribution in [1.82, 2.24) is 4.98 Å². The van der Waals surface area contributed by atoms with Crippen LogP contribution in [0.25, 0.3) is 11.1 Å². The van der Waals surface area contributed by atoms with Crippen LogP contribution in [-0.4, -0.2) is 19.3 Å². The Bertz CT molecular complexity index is 1060. The average molecular weight is 402 g/mol. The molecule has 140 valence electrons. The molecule has 1 amide bonds. The summed E-state index contributed by atoms with van der Waals surface area (Å²) in [5.74, 6) is -0.686. The number of nitrogens with zero attached hydrogens (tertiary/aromatic N) is 1. The molecule has 0 saturated heterocycles. The topological polar surface area (TPSA) is 102 Å². The zero-order valence-corrected chi connectivity index (χ0v) is 16.5. The van der Waals surface area contributed by atoms with Crippen molar-refractivity contribution in [3.63, 3.8) is 0 Å². The highest BCUT2D eigenvalue weighted by molar-refractivity contribution is 7.91. The first kappa shape index (κ1) is 19.2. The Morgan fingerprint density at radius 1 is 1.07 bits per heavy atom. The van der Waals surface area contributed by atoms with Gasteiger partial charge in [0.25, 0.3) is 0 Å². The van der Waals surface area contributed by atoms with Gasteiger partial charge < -0.3 is 5.32 Å². The minimum Gasteiger partial charge on any atom is -0.301 e. The molecule has 0 aliphatic carbocycles. The molecule has 8 heteroatoms. The number of primary sulfonamides is 1. The number of anilines is 1. The Morgan fingerprint density at radius 2 is 1.67 bits per heavy atom. The van der Waals surface area contributed by atoms with Crippen molar-refractivity contribution in [2.45, 2.75) is 24.0 Å². The van der Waals surface area contributed by atoms with E-state index in [1.165, 1.54) is 6.92 Å². The quantitative estimate of drug-likeness (QED) is 0.683. The lowest BCUT2D eigenvalue weighted by Gasteiger charge is -2.12. The second-order valence-corrected chi connectivity index (χ2v) is 8.89. The van der Waals surface area contributed by atoms with Crippen LogP contribution in [0.5, 0.6) is 0 Å². The van der Waals surface area contributed by atoms with Crippen LogP contribution in [-0.2, 0) is 14.8 Å². The Hall–Kier alpha value is -2.55. The number of thiazole rings is 1. The normalized spacial score (nSPS) is 12.6. The maximum Gasteiger partial charge on any atom is 0.249 e. The van der Waals surface area contributed by atoms with Gasteiger partial charge in [0.1, 0.15) is 0 Å². The molecule has 3 N–H and O–H groups in total. The van der Waals surface area contributed by atoms with E-state index in [0.717, 1.165) is 28.0 Å². The summed E-state index contributed by atoms with van der Waals surface area (Å²) in [5, 5.41) is 8.03. The lowest BCUT2D eigenvalue weighted by atomic mass is 9.97. The lowest BCUT2D eigenvalue weighted by molar-refractivity contribution is -0.117. The van der Waals surface area contributed by atoms with E-state index in [-0.39, 0.29) is 20.9 Å². The minimum atomic E-state index is -3.85. The van der Waals surface area contributed by atoms with Crippen LogP contribution in [0.1, 0.15) is 24.1 Å². The molecule has 0 aliphatic rings. The highest BCUT2D eigenvalue weighted by Crippen LogP contribution is 2.28. The first-order valence-corrected chi connectivity index (χ1v) is 10.6. The maximum atomic E-state index is 12.5. The second kappa shape index (κ2) is 7.59. The largest absolute Gasteiger partial charge is 0.301 e. The van der Waals surface area contributed by atoms with E-state index in [4.69, 9.17) is 5.14 Å². The lowest BCUT2D eigenvalue weighted by Crippen LogP contribution is -2.18. The molecule has 0 bridgehead atoms. The number of hydrogen-bond donors (Lipinski definition) is 2. The van der Waals surface area contributed by atoms with E-state index in [0.29, 0.717) is 0 Å². The monoisotopic (exact) mass is 401 g/mol. The van der Waals surface area contributed by atoms with E-state index in [9.17, 15) is 13.2 Å². The summed E-state index contributed by atoms with van der Waals surface area (Å²) in [6.07, 6.45) is 0. The molecule has 0 saturated carbocycles. The molecule has 0 aliphatic heterocycles. The molecule has 1 heterocycles. The third-order valence-corrected chi connectivity index (χ3v) is 6.78. The number of nitrogens with two attached hydrogens (primary N) is 1. The predicted octanol–water partition coefficient (Wildman–Crippen LogP) is 3.51. The number of nitrogens with one attached hydrogen (secondary N) is 1. The van der Waals surface area contributed by atoms with Gasteiger partial charge in [-0.05, 0) is 30.5 Å². The van der Waals surface area contributed by atoms with Crippen LogP contribution >= 0.6 is 11.3 Å². The molecule has 1 unspecified atom stereocenters. The Balaban J connectivity index is 1.74. The predicted molar refractivity (Wildman–Crippen MR) is 107 cm³/mol. The molecule has 0 fully saturated rings. The molecular formula is C19H19N3O3S2. The summed E-state index contributed by atoms with van der Waals surface area (Å²) in [5.41, 5.74) is 3.31. The van der Waals surface area contributed by atoms with Crippen LogP contribution in [0.15, 0.2) is 58.8 Å². The third-order valence-electron chi connectivity index (χ3n) is 4.15. The molecular weight excluding hydrogens is 382 g/mol. The van der Waals surface area contributed by atoms with Crippen LogP contribution in [0.4, 0.5) is 5.13 Å². The number of carbonyl (C=O) groups excluding carboxylic acids is 1. The first-order valence-electron chi connectivity index (χ1n) is 8.22. The van der Waals surface area contributed by atoms with Crippen molar-refractivity contribution in [2.24, 2.45) is 5.14 Å². The van der Waals surface area contributed by atoms with Gasteiger partial charge in [-0.2, -0.15) is 0 Å². The number of carbonyl (C=O) groups is 1. The first-order chi connectivity index (χ1) is 12.8. The Kier molecular flexibility index (Phi) is 5.41. The summed E-state index contributed by atoms with van der Waals surface area (Å²) < 4.78 is 22.9. The van der Waals surface area contributed by atoms with Gasteiger partial charge in [0.05, 0.1) is 11.6 Å². The van der Waals surface area contributed by atoms with Gasteiger partial charge in [-0.25, -0.2) is 18.5 Å². The molecule has 0 spiro atoms. The van der Waals surface area contributed by atoms with Gasteiger partial charge in [0.2, 0.25) is 15.9 Å². The van der Waals surface area contributed by atoms with Gasteiger partial charge in [-0.3, -0.25) is 4.79 Å². The van der Waals surface area contributed by atoms with Crippen LogP contribution in [0, 0.1) is 6.92 Å². The molecule has 1 aromatic heterocycles. The molecule has 6 nitrogen and oxygen atoms in total. The fraction of sp³-hybridized carbons (Fsp3) is 0.158. The standard InChI is InChI=1S/C19H19N3O3S2/c1-12(14-8-10-16(11-9-14)15-6-4-3-5-7-15)17(23)22-19-21-13(2)18(26-19)27(20,24)25/h3-12H,1-2H3,(H2,20,24,25)(H,21,22,23). The number of benzene rings is 2. The van der Waals surface area contributed by atoms with Gasteiger partial charge in [-0.1, -0.05) is 65.9 Å². The SMILES string of the molecule is Cc1nc(NC(=O)C(C)c2ccc(-c3ccccc3)cc2)sc1S(N)(=O)=O. The van der Waals surface area contributed by atoms with Gasteiger partial charge in [-0.15, -0.1) is 0 Å². The van der Waals surface area contributed by atoms with Crippen LogP contribution < -0.4 is 10.5 Å². The molecule has 27 heavy (non-hydrogen) atoms. The van der Waals surface area contributed by atoms with Gasteiger partial charge in [0.15, 0.2) is 9.34 Å². The average Bonchev–Trinajstić information content (AvgIpc) is 3.02. The van der Waals surface area contributed by atoms with Crippen molar-refractivity contribution < 1.29 is 13.2 Å². The van der Waals surface area contributed by atoms with E-state index in [1.54, 1.807) is 6.92 Å². The minimum absolute atomic E-state index is 0.0438. The van der Waals surface area contributed by atoms with Crippen molar-refractivity contribution in [1.29, 1.82) is 0 Å².